The number of aliphatic hydroxyl groups is 1. The van der Waals surface area contributed by atoms with Crippen molar-refractivity contribution in [2.45, 2.75) is 19.8 Å². The van der Waals surface area contributed by atoms with Crippen LogP contribution in [-0.2, 0) is 12.8 Å². The van der Waals surface area contributed by atoms with Crippen molar-refractivity contribution < 1.29 is 10.2 Å². The number of hydrogen-bond donors (Lipinski definition) is 2. The Morgan fingerprint density at radius 1 is 1.43 bits per heavy atom. The number of benzene rings is 1. The van der Waals surface area contributed by atoms with E-state index in [0.29, 0.717) is 17.6 Å². The van der Waals surface area contributed by atoms with Crippen molar-refractivity contribution in [1.29, 1.82) is 0 Å². The molecule has 0 heterocycles. The summed E-state index contributed by atoms with van der Waals surface area (Å²) in [4.78, 5) is 0. The SMILES string of the molecule is CC(CO)C1Cc2cccc(O)c2C1. The Kier molecular flexibility index (Phi) is 2.46. The lowest BCUT2D eigenvalue weighted by atomic mass is 9.92. The van der Waals surface area contributed by atoms with Crippen LogP contribution in [0.1, 0.15) is 18.1 Å². The predicted molar refractivity (Wildman–Crippen MR) is 55.3 cm³/mol. The summed E-state index contributed by atoms with van der Waals surface area (Å²) >= 11 is 0. The zero-order valence-corrected chi connectivity index (χ0v) is 8.40. The van der Waals surface area contributed by atoms with E-state index in [2.05, 4.69) is 13.0 Å². The molecular weight excluding hydrogens is 176 g/mol. The second-order valence-electron chi connectivity index (χ2n) is 4.24. The number of phenolic OH excluding ortho intramolecular Hbond substituents is 1. The average molecular weight is 192 g/mol. The van der Waals surface area contributed by atoms with Gasteiger partial charge in [0, 0.05) is 6.61 Å². The molecule has 0 spiro atoms. The molecule has 0 fully saturated rings. The third kappa shape index (κ3) is 1.50. The Labute approximate surface area is 84.2 Å². The standard InChI is InChI=1S/C12H16O2/c1-8(7-13)10-5-9-3-2-4-12(14)11(9)6-10/h2-4,8,10,13-14H,5-7H2,1H3. The van der Waals surface area contributed by atoms with Gasteiger partial charge in [-0.2, -0.15) is 0 Å². The maximum atomic E-state index is 9.64. The average Bonchev–Trinajstić information content (AvgIpc) is 2.62. The van der Waals surface area contributed by atoms with Gasteiger partial charge >= 0.3 is 0 Å². The van der Waals surface area contributed by atoms with Crippen LogP contribution in [0, 0.1) is 11.8 Å². The van der Waals surface area contributed by atoms with E-state index in [1.165, 1.54) is 5.56 Å². The zero-order chi connectivity index (χ0) is 10.1. The van der Waals surface area contributed by atoms with Crippen LogP contribution in [0.15, 0.2) is 18.2 Å². The van der Waals surface area contributed by atoms with Gasteiger partial charge in [0.1, 0.15) is 5.75 Å². The molecule has 0 radical (unpaired) electrons. The van der Waals surface area contributed by atoms with Crippen molar-refractivity contribution >= 4 is 0 Å². The summed E-state index contributed by atoms with van der Waals surface area (Å²) in [6.07, 6.45) is 1.90. The second kappa shape index (κ2) is 3.62. The van der Waals surface area contributed by atoms with Gasteiger partial charge in [0.2, 0.25) is 0 Å². The number of aromatic hydroxyl groups is 1. The summed E-state index contributed by atoms with van der Waals surface area (Å²) in [6, 6.07) is 5.70. The van der Waals surface area contributed by atoms with Gasteiger partial charge in [-0.3, -0.25) is 0 Å². The van der Waals surface area contributed by atoms with Crippen molar-refractivity contribution in [3.05, 3.63) is 29.3 Å². The Hall–Kier alpha value is -1.02. The molecule has 2 nitrogen and oxygen atoms in total. The molecule has 14 heavy (non-hydrogen) atoms. The fraction of sp³-hybridized carbons (Fsp3) is 0.500. The van der Waals surface area contributed by atoms with E-state index in [1.807, 2.05) is 6.07 Å². The van der Waals surface area contributed by atoms with Gasteiger partial charge in [-0.05, 0) is 41.9 Å². The van der Waals surface area contributed by atoms with Gasteiger partial charge in [-0.25, -0.2) is 0 Å². The number of rotatable bonds is 2. The molecule has 0 amide bonds. The van der Waals surface area contributed by atoms with Crippen LogP contribution in [0.2, 0.25) is 0 Å². The van der Waals surface area contributed by atoms with Gasteiger partial charge < -0.3 is 10.2 Å². The van der Waals surface area contributed by atoms with Crippen molar-refractivity contribution in [1.82, 2.24) is 0 Å². The van der Waals surface area contributed by atoms with Crippen LogP contribution in [0.4, 0.5) is 0 Å². The molecule has 2 N–H and O–H groups in total. The molecule has 2 atom stereocenters. The first-order chi connectivity index (χ1) is 6.72. The molecule has 76 valence electrons. The van der Waals surface area contributed by atoms with Gasteiger partial charge in [0.25, 0.3) is 0 Å². The van der Waals surface area contributed by atoms with Crippen LogP contribution in [-0.4, -0.2) is 16.8 Å². The lowest BCUT2D eigenvalue weighted by Gasteiger charge is -2.15. The molecule has 2 rings (SSSR count). The summed E-state index contributed by atoms with van der Waals surface area (Å²) in [6.45, 7) is 2.30. The first-order valence-electron chi connectivity index (χ1n) is 5.13. The minimum atomic E-state index is 0.236. The van der Waals surface area contributed by atoms with E-state index in [-0.39, 0.29) is 6.61 Å². The fourth-order valence-corrected chi connectivity index (χ4v) is 2.22. The summed E-state index contributed by atoms with van der Waals surface area (Å²) in [7, 11) is 0. The molecular formula is C12H16O2. The Morgan fingerprint density at radius 3 is 2.86 bits per heavy atom. The third-order valence-electron chi connectivity index (χ3n) is 3.29. The molecule has 1 aliphatic carbocycles. The number of phenols is 1. The van der Waals surface area contributed by atoms with E-state index < -0.39 is 0 Å². The van der Waals surface area contributed by atoms with Crippen molar-refractivity contribution in [2.24, 2.45) is 11.8 Å². The van der Waals surface area contributed by atoms with Crippen LogP contribution in [0.3, 0.4) is 0 Å². The second-order valence-corrected chi connectivity index (χ2v) is 4.24. The molecule has 1 aromatic carbocycles. The maximum Gasteiger partial charge on any atom is 0.119 e. The number of aliphatic hydroxyl groups excluding tert-OH is 1. The Bertz CT molecular complexity index is 333. The van der Waals surface area contributed by atoms with Gasteiger partial charge in [0.05, 0.1) is 0 Å². The topological polar surface area (TPSA) is 40.5 Å². The van der Waals surface area contributed by atoms with Gasteiger partial charge in [-0.1, -0.05) is 19.1 Å². The molecule has 0 saturated heterocycles. The molecule has 0 saturated carbocycles. The summed E-state index contributed by atoms with van der Waals surface area (Å²) in [5.41, 5.74) is 2.33. The van der Waals surface area contributed by atoms with Crippen molar-refractivity contribution in [3.63, 3.8) is 0 Å². The first kappa shape index (κ1) is 9.53. The van der Waals surface area contributed by atoms with Crippen LogP contribution >= 0.6 is 0 Å². The first-order valence-corrected chi connectivity index (χ1v) is 5.13. The van der Waals surface area contributed by atoms with Crippen molar-refractivity contribution in [3.8, 4) is 5.75 Å². The molecule has 0 aromatic heterocycles. The smallest absolute Gasteiger partial charge is 0.119 e. The number of fused-ring (bicyclic) bond motifs is 1. The van der Waals surface area contributed by atoms with E-state index in [4.69, 9.17) is 5.11 Å². The minimum absolute atomic E-state index is 0.236. The molecule has 0 bridgehead atoms. The highest BCUT2D eigenvalue weighted by molar-refractivity contribution is 5.42. The van der Waals surface area contributed by atoms with Gasteiger partial charge in [0.15, 0.2) is 0 Å². The quantitative estimate of drug-likeness (QED) is 0.749. The molecule has 1 aliphatic rings. The maximum absolute atomic E-state index is 9.64. The normalized spacial score (nSPS) is 22.0. The highest BCUT2D eigenvalue weighted by Gasteiger charge is 2.27. The zero-order valence-electron chi connectivity index (χ0n) is 8.40. The van der Waals surface area contributed by atoms with Crippen LogP contribution in [0.5, 0.6) is 5.75 Å². The number of hydrogen-bond acceptors (Lipinski definition) is 2. The molecule has 2 unspecified atom stereocenters. The highest BCUT2D eigenvalue weighted by atomic mass is 16.3. The Balaban J connectivity index is 2.22. The lowest BCUT2D eigenvalue weighted by molar-refractivity contribution is 0.191. The van der Waals surface area contributed by atoms with Crippen LogP contribution in [0.25, 0.3) is 0 Å². The van der Waals surface area contributed by atoms with E-state index in [9.17, 15) is 5.11 Å². The minimum Gasteiger partial charge on any atom is -0.508 e. The fourth-order valence-electron chi connectivity index (χ4n) is 2.22. The van der Waals surface area contributed by atoms with E-state index >= 15 is 0 Å². The molecule has 1 aromatic rings. The van der Waals surface area contributed by atoms with Crippen molar-refractivity contribution in [2.75, 3.05) is 6.61 Å². The summed E-state index contributed by atoms with van der Waals surface area (Å²) in [5.74, 6) is 1.22. The monoisotopic (exact) mass is 192 g/mol. The summed E-state index contributed by atoms with van der Waals surface area (Å²) < 4.78 is 0. The molecule has 0 aliphatic heterocycles. The summed E-state index contributed by atoms with van der Waals surface area (Å²) in [5, 5.41) is 18.7. The Morgan fingerprint density at radius 2 is 2.21 bits per heavy atom. The molecule has 2 heteroatoms. The lowest BCUT2D eigenvalue weighted by Crippen LogP contribution is -2.15. The van der Waals surface area contributed by atoms with E-state index in [1.54, 1.807) is 6.07 Å². The predicted octanol–water partition coefficient (Wildman–Crippen LogP) is 1.74. The van der Waals surface area contributed by atoms with Crippen LogP contribution < -0.4 is 0 Å². The third-order valence-corrected chi connectivity index (χ3v) is 3.29. The van der Waals surface area contributed by atoms with E-state index in [0.717, 1.165) is 18.4 Å². The highest BCUT2D eigenvalue weighted by Crippen LogP contribution is 2.35. The largest absolute Gasteiger partial charge is 0.508 e. The van der Waals surface area contributed by atoms with Gasteiger partial charge in [-0.15, -0.1) is 0 Å².